The van der Waals surface area contributed by atoms with E-state index in [-0.39, 0.29) is 5.41 Å². The molecule has 3 aromatic heterocycles. The summed E-state index contributed by atoms with van der Waals surface area (Å²) in [4.78, 5) is 0. The molecule has 0 atom stereocenters. The molecule has 9 aromatic carbocycles. The van der Waals surface area contributed by atoms with Crippen LogP contribution in [-0.2, 0) is 5.41 Å². The van der Waals surface area contributed by atoms with E-state index in [4.69, 9.17) is 0 Å². The van der Waals surface area contributed by atoms with Gasteiger partial charge in [0, 0.05) is 58.5 Å². The molecule has 0 spiro atoms. The minimum Gasteiger partial charge on any atom is -0.309 e. The molecule has 0 saturated carbocycles. The molecular weight excluding hydrogens is 745 g/mol. The summed E-state index contributed by atoms with van der Waals surface area (Å²) in [7, 11) is 0. The van der Waals surface area contributed by atoms with Crippen molar-refractivity contribution in [2.75, 3.05) is 0 Å². The van der Waals surface area contributed by atoms with E-state index >= 15 is 0 Å². The van der Waals surface area contributed by atoms with Crippen LogP contribution in [0.15, 0.2) is 194 Å². The fourth-order valence-electron chi connectivity index (χ4n) is 10.4. The quantitative estimate of drug-likeness (QED) is 0.168. The number of para-hydroxylation sites is 2. The third-order valence-corrected chi connectivity index (χ3v) is 14.5. The summed E-state index contributed by atoms with van der Waals surface area (Å²) in [5, 5.41) is 7.70. The van der Waals surface area contributed by atoms with Gasteiger partial charge in [0.05, 0.1) is 22.1 Å². The minimum atomic E-state index is -0.0608. The third kappa shape index (κ3) is 4.75. The summed E-state index contributed by atoms with van der Waals surface area (Å²) in [6, 6.07) is 72.4. The molecule has 3 heteroatoms. The molecule has 13 rings (SSSR count). The number of aromatic nitrogens is 2. The second-order valence-electron chi connectivity index (χ2n) is 16.9. The van der Waals surface area contributed by atoms with Crippen molar-refractivity contribution in [3.63, 3.8) is 0 Å². The third-order valence-electron chi connectivity index (χ3n) is 13.3. The molecule has 0 saturated heterocycles. The number of hydrogen-bond donors (Lipinski definition) is 0. The van der Waals surface area contributed by atoms with Gasteiger partial charge in [-0.25, -0.2) is 0 Å². The van der Waals surface area contributed by atoms with Gasteiger partial charge < -0.3 is 9.13 Å². The molecule has 0 fully saturated rings. The SMILES string of the molecule is CC1(C)c2ccccc2-c2ccc(-n3c4ccccc4c4cc(-c5ccc6c(c5)c5ccccc5n6-c5ccc(-c6ccc7sc8ccccc8c7c6)cc5)ccc43)cc21. The van der Waals surface area contributed by atoms with Crippen molar-refractivity contribution in [2.24, 2.45) is 0 Å². The van der Waals surface area contributed by atoms with Crippen molar-refractivity contribution in [3.8, 4) is 44.8 Å². The first-order valence-electron chi connectivity index (χ1n) is 20.8. The van der Waals surface area contributed by atoms with Crippen LogP contribution in [0.1, 0.15) is 25.0 Å². The van der Waals surface area contributed by atoms with Crippen molar-refractivity contribution in [3.05, 3.63) is 205 Å². The molecule has 0 N–H and O–H groups in total. The zero-order valence-electron chi connectivity index (χ0n) is 33.3. The monoisotopic (exact) mass is 782 g/mol. The van der Waals surface area contributed by atoms with Crippen molar-refractivity contribution >= 4 is 75.1 Å². The first-order valence-corrected chi connectivity index (χ1v) is 21.6. The first kappa shape index (κ1) is 33.7. The van der Waals surface area contributed by atoms with Gasteiger partial charge in [0.2, 0.25) is 0 Å². The number of thiophene rings is 1. The minimum absolute atomic E-state index is 0.0608. The normalized spacial score (nSPS) is 13.3. The highest BCUT2D eigenvalue weighted by Crippen LogP contribution is 2.49. The maximum Gasteiger partial charge on any atom is 0.0541 e. The fraction of sp³-hybridized carbons (Fsp3) is 0.0526. The largest absolute Gasteiger partial charge is 0.309 e. The van der Waals surface area contributed by atoms with Crippen LogP contribution in [-0.4, -0.2) is 9.13 Å². The predicted octanol–water partition coefficient (Wildman–Crippen LogP) is 15.9. The second kappa shape index (κ2) is 12.4. The van der Waals surface area contributed by atoms with Gasteiger partial charge in [0.15, 0.2) is 0 Å². The average molecular weight is 783 g/mol. The smallest absolute Gasteiger partial charge is 0.0541 e. The maximum atomic E-state index is 2.46. The summed E-state index contributed by atoms with van der Waals surface area (Å²) in [6.07, 6.45) is 0. The fourth-order valence-corrected chi connectivity index (χ4v) is 11.5. The molecular formula is C57H38N2S. The predicted molar refractivity (Wildman–Crippen MR) is 256 cm³/mol. The van der Waals surface area contributed by atoms with Crippen LogP contribution in [0.5, 0.6) is 0 Å². The number of fused-ring (bicyclic) bond motifs is 12. The average Bonchev–Trinajstić information content (AvgIpc) is 4.01. The lowest BCUT2D eigenvalue weighted by Gasteiger charge is -2.22. The summed E-state index contributed by atoms with van der Waals surface area (Å²) in [5.74, 6) is 0. The van der Waals surface area contributed by atoms with Crippen LogP contribution in [0, 0.1) is 0 Å². The Labute approximate surface area is 351 Å². The zero-order chi connectivity index (χ0) is 39.7. The van der Waals surface area contributed by atoms with Crippen LogP contribution < -0.4 is 0 Å². The molecule has 0 unspecified atom stereocenters. The van der Waals surface area contributed by atoms with E-state index < -0.39 is 0 Å². The number of rotatable bonds is 4. The van der Waals surface area contributed by atoms with Gasteiger partial charge in [-0.3, -0.25) is 0 Å². The van der Waals surface area contributed by atoms with E-state index in [0.717, 1.165) is 5.69 Å². The topological polar surface area (TPSA) is 9.86 Å². The molecule has 3 heterocycles. The highest BCUT2D eigenvalue weighted by Gasteiger charge is 2.35. The van der Waals surface area contributed by atoms with Crippen molar-refractivity contribution in [1.29, 1.82) is 0 Å². The standard InChI is InChI=1S/C57H38N2S/c1-57(2)49-15-7-3-11-41(49)42-27-26-40(34-50(42)57)59-52-17-9-5-13-44(52)47-32-38(22-29-54(47)59)37-21-28-53-46(31-37)43-12-4-8-16-51(43)58(53)39-24-19-35(20-25-39)36-23-30-56-48(33-36)45-14-6-10-18-55(45)60-56/h3-34H,1-2H3. The zero-order valence-corrected chi connectivity index (χ0v) is 34.1. The first-order chi connectivity index (χ1) is 29.5. The second-order valence-corrected chi connectivity index (χ2v) is 18.0. The van der Waals surface area contributed by atoms with Crippen LogP contribution >= 0.6 is 11.3 Å². The van der Waals surface area contributed by atoms with Crippen molar-refractivity contribution in [2.45, 2.75) is 19.3 Å². The van der Waals surface area contributed by atoms with Crippen molar-refractivity contribution in [1.82, 2.24) is 9.13 Å². The van der Waals surface area contributed by atoms with Gasteiger partial charge in [0.25, 0.3) is 0 Å². The van der Waals surface area contributed by atoms with Gasteiger partial charge >= 0.3 is 0 Å². The van der Waals surface area contributed by atoms with E-state index in [1.54, 1.807) is 0 Å². The van der Waals surface area contributed by atoms with Crippen LogP contribution in [0.2, 0.25) is 0 Å². The van der Waals surface area contributed by atoms with E-state index in [2.05, 4.69) is 217 Å². The molecule has 1 aliphatic rings. The van der Waals surface area contributed by atoms with Gasteiger partial charge in [0.1, 0.15) is 0 Å². The number of nitrogens with zero attached hydrogens (tertiary/aromatic N) is 2. The Hall–Kier alpha value is -7.20. The Bertz CT molecular complexity index is 3740. The van der Waals surface area contributed by atoms with Gasteiger partial charge in [-0.2, -0.15) is 0 Å². The summed E-state index contributed by atoms with van der Waals surface area (Å²) in [5.41, 5.74) is 17.5. The van der Waals surface area contributed by atoms with E-state index in [1.165, 1.54) is 114 Å². The number of hydrogen-bond acceptors (Lipinski definition) is 1. The van der Waals surface area contributed by atoms with Gasteiger partial charge in [-0.05, 0) is 123 Å². The molecule has 1 aliphatic carbocycles. The molecule has 0 radical (unpaired) electrons. The van der Waals surface area contributed by atoms with Crippen molar-refractivity contribution < 1.29 is 0 Å². The number of benzene rings is 9. The van der Waals surface area contributed by atoms with Crippen LogP contribution in [0.25, 0.3) is 109 Å². The molecule has 60 heavy (non-hydrogen) atoms. The molecule has 2 nitrogen and oxygen atoms in total. The molecule has 0 amide bonds. The highest BCUT2D eigenvalue weighted by molar-refractivity contribution is 7.25. The molecule has 0 bridgehead atoms. The molecule has 12 aromatic rings. The highest BCUT2D eigenvalue weighted by atomic mass is 32.1. The lowest BCUT2D eigenvalue weighted by Crippen LogP contribution is -2.15. The molecule has 0 aliphatic heterocycles. The summed E-state index contributed by atoms with van der Waals surface area (Å²) < 4.78 is 7.54. The Morgan fingerprint density at radius 2 is 0.817 bits per heavy atom. The van der Waals surface area contributed by atoms with Gasteiger partial charge in [-0.1, -0.05) is 129 Å². The summed E-state index contributed by atoms with van der Waals surface area (Å²) >= 11 is 1.87. The van der Waals surface area contributed by atoms with Crippen LogP contribution in [0.4, 0.5) is 0 Å². The lowest BCUT2D eigenvalue weighted by molar-refractivity contribution is 0.660. The Balaban J connectivity index is 0.903. The Morgan fingerprint density at radius 1 is 0.333 bits per heavy atom. The molecule has 282 valence electrons. The van der Waals surface area contributed by atoms with Crippen LogP contribution in [0.3, 0.4) is 0 Å². The van der Waals surface area contributed by atoms with E-state index in [9.17, 15) is 0 Å². The summed E-state index contributed by atoms with van der Waals surface area (Å²) in [6.45, 7) is 4.72. The Kier molecular flexibility index (Phi) is 6.98. The Morgan fingerprint density at radius 3 is 1.53 bits per heavy atom. The lowest BCUT2D eigenvalue weighted by atomic mass is 9.82. The van der Waals surface area contributed by atoms with E-state index in [0.29, 0.717) is 0 Å². The maximum absolute atomic E-state index is 2.46. The van der Waals surface area contributed by atoms with E-state index in [1.807, 2.05) is 11.3 Å². The van der Waals surface area contributed by atoms with Gasteiger partial charge in [-0.15, -0.1) is 11.3 Å².